The van der Waals surface area contributed by atoms with Crippen LogP contribution in [-0.4, -0.2) is 27.7 Å². The van der Waals surface area contributed by atoms with Gasteiger partial charge in [-0.1, -0.05) is 30.3 Å². The molecule has 0 saturated carbocycles. The fraction of sp³-hybridized carbons (Fsp3) is 0.316. The summed E-state index contributed by atoms with van der Waals surface area (Å²) in [7, 11) is 0. The Labute approximate surface area is 135 Å². The van der Waals surface area contributed by atoms with E-state index in [1.807, 2.05) is 6.07 Å². The maximum atomic E-state index is 13.3. The summed E-state index contributed by atoms with van der Waals surface area (Å²) in [5.41, 5.74) is 3.19. The Balaban J connectivity index is 1.52. The molecule has 1 atom stereocenters. The van der Waals surface area contributed by atoms with Gasteiger partial charge in [-0.05, 0) is 43.1 Å². The van der Waals surface area contributed by atoms with Crippen molar-refractivity contribution in [2.75, 3.05) is 6.54 Å². The first-order valence-corrected chi connectivity index (χ1v) is 8.20. The Hall–Kier alpha value is -2.20. The number of likely N-dealkylation sites (tertiary alicyclic amines) is 1. The first kappa shape index (κ1) is 14.4. The van der Waals surface area contributed by atoms with Crippen molar-refractivity contribution in [2.24, 2.45) is 0 Å². The lowest BCUT2D eigenvalue weighted by Gasteiger charge is -2.24. The third-order valence-electron chi connectivity index (χ3n) is 4.76. The number of rotatable bonds is 4. The standard InChI is InChI=1S/C19H20FN3/c20-15-8-9-17-18(11-15)21-22-19(17)12-16-7-4-10-23(16)13-14-5-2-1-3-6-14/h1-3,5-6,8-9,11,16H,4,7,10,12-13H2,(H,21,22). The highest BCUT2D eigenvalue weighted by atomic mass is 19.1. The molecule has 2 aromatic carbocycles. The van der Waals surface area contributed by atoms with Crippen molar-refractivity contribution >= 4 is 10.9 Å². The van der Waals surface area contributed by atoms with Gasteiger partial charge in [0, 0.05) is 24.4 Å². The fourth-order valence-corrected chi connectivity index (χ4v) is 3.58. The van der Waals surface area contributed by atoms with E-state index in [4.69, 9.17) is 0 Å². The van der Waals surface area contributed by atoms with Crippen LogP contribution in [0.2, 0.25) is 0 Å². The van der Waals surface area contributed by atoms with Gasteiger partial charge >= 0.3 is 0 Å². The van der Waals surface area contributed by atoms with Crippen molar-refractivity contribution in [2.45, 2.75) is 31.8 Å². The maximum Gasteiger partial charge on any atom is 0.125 e. The Kier molecular flexibility index (Phi) is 3.83. The Morgan fingerprint density at radius 2 is 2.04 bits per heavy atom. The second-order valence-electron chi connectivity index (χ2n) is 6.32. The van der Waals surface area contributed by atoms with Gasteiger partial charge in [0.15, 0.2) is 0 Å². The smallest absolute Gasteiger partial charge is 0.125 e. The molecule has 1 fully saturated rings. The zero-order valence-corrected chi connectivity index (χ0v) is 13.0. The van der Waals surface area contributed by atoms with Crippen LogP contribution in [0.4, 0.5) is 4.39 Å². The van der Waals surface area contributed by atoms with Crippen molar-refractivity contribution in [1.29, 1.82) is 0 Å². The lowest BCUT2D eigenvalue weighted by Crippen LogP contribution is -2.30. The molecule has 1 unspecified atom stereocenters. The molecule has 3 aromatic rings. The molecule has 3 nitrogen and oxygen atoms in total. The summed E-state index contributed by atoms with van der Waals surface area (Å²) in [5.74, 6) is -0.223. The zero-order valence-electron chi connectivity index (χ0n) is 13.0. The minimum Gasteiger partial charge on any atom is -0.296 e. The molecule has 0 bridgehead atoms. The van der Waals surface area contributed by atoms with Crippen molar-refractivity contribution in [1.82, 2.24) is 15.1 Å². The Morgan fingerprint density at radius 3 is 2.91 bits per heavy atom. The first-order valence-electron chi connectivity index (χ1n) is 8.20. The van der Waals surface area contributed by atoms with Crippen LogP contribution in [0.25, 0.3) is 10.9 Å². The number of aromatic nitrogens is 2. The number of halogens is 1. The van der Waals surface area contributed by atoms with E-state index in [-0.39, 0.29) is 5.82 Å². The number of aromatic amines is 1. The SMILES string of the molecule is Fc1ccc2c(CC3CCCN3Cc3ccccc3)n[nH]c2c1. The van der Waals surface area contributed by atoms with Crippen molar-refractivity contribution in [3.63, 3.8) is 0 Å². The largest absolute Gasteiger partial charge is 0.296 e. The second kappa shape index (κ2) is 6.13. The highest BCUT2D eigenvalue weighted by Crippen LogP contribution is 2.26. The van der Waals surface area contributed by atoms with Crippen LogP contribution < -0.4 is 0 Å². The van der Waals surface area contributed by atoms with E-state index in [1.165, 1.54) is 30.5 Å². The fourth-order valence-electron chi connectivity index (χ4n) is 3.58. The minimum atomic E-state index is -0.223. The van der Waals surface area contributed by atoms with E-state index in [1.54, 1.807) is 0 Å². The van der Waals surface area contributed by atoms with E-state index < -0.39 is 0 Å². The number of hydrogen-bond acceptors (Lipinski definition) is 2. The van der Waals surface area contributed by atoms with Crippen molar-refractivity contribution < 1.29 is 4.39 Å². The van der Waals surface area contributed by atoms with Crippen LogP contribution in [0, 0.1) is 5.82 Å². The Morgan fingerprint density at radius 1 is 1.17 bits per heavy atom. The average Bonchev–Trinajstić information content (AvgIpc) is 3.16. The van der Waals surface area contributed by atoms with Crippen molar-refractivity contribution in [3.05, 3.63) is 65.6 Å². The zero-order chi connectivity index (χ0) is 15.6. The van der Waals surface area contributed by atoms with Gasteiger partial charge in [0.2, 0.25) is 0 Å². The van der Waals surface area contributed by atoms with E-state index in [9.17, 15) is 4.39 Å². The lowest BCUT2D eigenvalue weighted by molar-refractivity contribution is 0.243. The summed E-state index contributed by atoms with van der Waals surface area (Å²) in [4.78, 5) is 2.54. The quantitative estimate of drug-likeness (QED) is 0.792. The van der Waals surface area contributed by atoms with Gasteiger partial charge in [-0.15, -0.1) is 0 Å². The van der Waals surface area contributed by atoms with Crippen LogP contribution >= 0.6 is 0 Å². The van der Waals surface area contributed by atoms with E-state index in [2.05, 4.69) is 45.4 Å². The molecule has 1 saturated heterocycles. The highest BCUT2D eigenvalue weighted by molar-refractivity contribution is 5.81. The predicted octanol–water partition coefficient (Wildman–Crippen LogP) is 3.91. The summed E-state index contributed by atoms with van der Waals surface area (Å²) < 4.78 is 13.3. The molecule has 1 N–H and O–H groups in total. The third-order valence-corrected chi connectivity index (χ3v) is 4.76. The van der Waals surface area contributed by atoms with E-state index >= 15 is 0 Å². The summed E-state index contributed by atoms with van der Waals surface area (Å²) >= 11 is 0. The molecule has 0 amide bonds. The molecule has 1 aromatic heterocycles. The second-order valence-corrected chi connectivity index (χ2v) is 6.32. The molecule has 118 valence electrons. The van der Waals surface area contributed by atoms with Crippen molar-refractivity contribution in [3.8, 4) is 0 Å². The number of benzene rings is 2. The van der Waals surface area contributed by atoms with Gasteiger partial charge in [-0.2, -0.15) is 5.10 Å². The van der Waals surface area contributed by atoms with E-state index in [0.29, 0.717) is 6.04 Å². The highest BCUT2D eigenvalue weighted by Gasteiger charge is 2.26. The molecule has 1 aliphatic rings. The van der Waals surface area contributed by atoms with Crippen LogP contribution in [0.15, 0.2) is 48.5 Å². The van der Waals surface area contributed by atoms with Gasteiger partial charge in [-0.3, -0.25) is 10.00 Å². The molecule has 0 aliphatic carbocycles. The summed E-state index contributed by atoms with van der Waals surface area (Å²) in [6.07, 6.45) is 3.34. The molecule has 0 spiro atoms. The normalized spacial score (nSPS) is 18.7. The van der Waals surface area contributed by atoms with Gasteiger partial charge < -0.3 is 0 Å². The molecular weight excluding hydrogens is 289 g/mol. The number of H-pyrrole nitrogens is 1. The molecular formula is C19H20FN3. The molecule has 1 aliphatic heterocycles. The molecule has 23 heavy (non-hydrogen) atoms. The van der Waals surface area contributed by atoms with Gasteiger partial charge in [0.25, 0.3) is 0 Å². The number of nitrogens with one attached hydrogen (secondary N) is 1. The lowest BCUT2D eigenvalue weighted by atomic mass is 10.1. The first-order chi connectivity index (χ1) is 11.3. The van der Waals surface area contributed by atoms with Gasteiger partial charge in [-0.25, -0.2) is 4.39 Å². The summed E-state index contributed by atoms with van der Waals surface area (Å²) in [6.45, 7) is 2.12. The summed E-state index contributed by atoms with van der Waals surface area (Å²) in [6, 6.07) is 16.0. The van der Waals surface area contributed by atoms with Crippen LogP contribution in [-0.2, 0) is 13.0 Å². The summed E-state index contributed by atoms with van der Waals surface area (Å²) in [5, 5.41) is 8.42. The minimum absolute atomic E-state index is 0.223. The van der Waals surface area contributed by atoms with Gasteiger partial charge in [0.1, 0.15) is 5.82 Å². The molecule has 0 radical (unpaired) electrons. The van der Waals surface area contributed by atoms with Crippen LogP contribution in [0.1, 0.15) is 24.1 Å². The van der Waals surface area contributed by atoms with Gasteiger partial charge in [0.05, 0.1) is 11.2 Å². The molecule has 4 rings (SSSR count). The Bertz CT molecular complexity index is 797. The van der Waals surface area contributed by atoms with Crippen LogP contribution in [0.3, 0.4) is 0 Å². The maximum absolute atomic E-state index is 13.3. The van der Waals surface area contributed by atoms with Crippen LogP contribution in [0.5, 0.6) is 0 Å². The monoisotopic (exact) mass is 309 g/mol. The topological polar surface area (TPSA) is 31.9 Å². The third kappa shape index (κ3) is 2.99. The predicted molar refractivity (Wildman–Crippen MR) is 89.6 cm³/mol. The van der Waals surface area contributed by atoms with E-state index in [0.717, 1.165) is 36.1 Å². The average molecular weight is 309 g/mol. The number of hydrogen-bond donors (Lipinski definition) is 1. The number of fused-ring (bicyclic) bond motifs is 1. The number of nitrogens with zero attached hydrogens (tertiary/aromatic N) is 2. The molecule has 2 heterocycles. The molecule has 4 heteroatoms.